The van der Waals surface area contributed by atoms with Gasteiger partial charge in [-0.05, 0) is 70.6 Å². The van der Waals surface area contributed by atoms with Gasteiger partial charge in [0, 0.05) is 19.3 Å². The molecule has 11 nitrogen and oxygen atoms in total. The molecule has 3 atom stereocenters. The van der Waals surface area contributed by atoms with Gasteiger partial charge in [-0.2, -0.15) is 0 Å². The van der Waals surface area contributed by atoms with E-state index in [0.717, 1.165) is 83.5 Å². The summed E-state index contributed by atoms with van der Waals surface area (Å²) in [5, 5.41) is 9.77. The van der Waals surface area contributed by atoms with Gasteiger partial charge in [0.25, 0.3) is 0 Å². The van der Waals surface area contributed by atoms with Crippen molar-refractivity contribution in [2.75, 3.05) is 26.4 Å². The average molecular weight is 957 g/mol. The number of esters is 3. The Labute approximate surface area is 404 Å². The van der Waals surface area contributed by atoms with Crippen LogP contribution in [-0.2, 0) is 42.2 Å². The van der Waals surface area contributed by atoms with Crippen molar-refractivity contribution >= 4 is 25.7 Å². The largest absolute Gasteiger partial charge is 0.472 e. The lowest BCUT2D eigenvalue weighted by atomic mass is 10.1. The van der Waals surface area contributed by atoms with Crippen LogP contribution in [0.4, 0.5) is 0 Å². The molecule has 2 N–H and O–H groups in total. The molecule has 0 fully saturated rings. The van der Waals surface area contributed by atoms with E-state index in [0.29, 0.717) is 19.3 Å². The Kier molecular flexibility index (Phi) is 47.9. The summed E-state index contributed by atoms with van der Waals surface area (Å²) in [6.07, 6.45) is 47.2. The van der Waals surface area contributed by atoms with Gasteiger partial charge >= 0.3 is 25.7 Å². The van der Waals surface area contributed by atoms with E-state index in [2.05, 4.69) is 45.1 Å². The molecule has 388 valence electrons. The Hall–Kier alpha value is -2.04. The number of phosphoric acid groups is 1. The van der Waals surface area contributed by atoms with Crippen molar-refractivity contribution in [3.63, 3.8) is 0 Å². The summed E-state index contributed by atoms with van der Waals surface area (Å²) < 4.78 is 39.3. The van der Waals surface area contributed by atoms with Crippen molar-refractivity contribution in [1.82, 2.24) is 0 Å². The number of unbranched alkanes of at least 4 members (excludes halogenated alkanes) is 30. The number of hydrogen-bond donors (Lipinski definition) is 2. The fourth-order valence-electron chi connectivity index (χ4n) is 7.64. The molecule has 12 heteroatoms. The van der Waals surface area contributed by atoms with Crippen molar-refractivity contribution in [1.29, 1.82) is 0 Å². The standard InChI is InChI=1S/C54H101O11P/c1-4-7-10-13-16-19-21-23-24-25-26-28-30-33-36-39-42-45-54(58)65-51(47-61-52(56)43-40-37-34-31-18-15-12-9-6-3)49-63-66(59,60)62-48-50(46-55)64-53(57)44-41-38-35-32-29-27-22-20-17-14-11-8-5-2/h20,22-24,50-51,55H,4-19,21,25-49H2,1-3H3,(H,59,60)/b22-20-,24-23-. The molecule has 3 unspecified atom stereocenters. The van der Waals surface area contributed by atoms with Crippen LogP contribution in [0, 0.1) is 0 Å². The lowest BCUT2D eigenvalue weighted by molar-refractivity contribution is -0.161. The third-order valence-corrected chi connectivity index (χ3v) is 12.8. The highest BCUT2D eigenvalue weighted by molar-refractivity contribution is 7.47. The Morgan fingerprint density at radius 2 is 0.697 bits per heavy atom. The molecular formula is C54H101O11P. The molecule has 0 aromatic rings. The van der Waals surface area contributed by atoms with Gasteiger partial charge in [-0.25, -0.2) is 4.57 Å². The fraction of sp³-hybridized carbons (Fsp3) is 0.870. The maximum Gasteiger partial charge on any atom is 0.472 e. The SMILES string of the molecule is CCCCCC/C=C\CCCCCCCC(=O)OC(CO)COP(=O)(O)OCC(COC(=O)CCCCCCCCCCC)OC(=O)CCCCCCCCC/C=C\CCCCCCCC. The topological polar surface area (TPSA) is 155 Å². The van der Waals surface area contributed by atoms with Gasteiger partial charge in [0.15, 0.2) is 6.10 Å². The third kappa shape index (κ3) is 47.0. The Morgan fingerprint density at radius 3 is 1.06 bits per heavy atom. The maximum absolute atomic E-state index is 12.8. The van der Waals surface area contributed by atoms with E-state index in [4.69, 9.17) is 23.3 Å². The summed E-state index contributed by atoms with van der Waals surface area (Å²) in [5.74, 6) is -1.46. The molecule has 66 heavy (non-hydrogen) atoms. The molecule has 0 saturated heterocycles. The van der Waals surface area contributed by atoms with Gasteiger partial charge in [-0.15, -0.1) is 0 Å². The van der Waals surface area contributed by atoms with E-state index in [1.807, 2.05) is 0 Å². The number of allylic oxidation sites excluding steroid dienone is 4. The molecule has 0 aliphatic carbocycles. The molecule has 0 rings (SSSR count). The van der Waals surface area contributed by atoms with Crippen LogP contribution in [0.5, 0.6) is 0 Å². The van der Waals surface area contributed by atoms with Gasteiger partial charge in [0.05, 0.1) is 19.8 Å². The molecule has 0 aromatic carbocycles. The summed E-state index contributed by atoms with van der Waals surface area (Å²) in [6.45, 7) is 4.61. The van der Waals surface area contributed by atoms with E-state index in [1.54, 1.807) is 0 Å². The number of rotatable bonds is 51. The fourth-order valence-corrected chi connectivity index (χ4v) is 8.42. The second-order valence-electron chi connectivity index (χ2n) is 18.4. The summed E-state index contributed by atoms with van der Waals surface area (Å²) in [4.78, 5) is 48.3. The second-order valence-corrected chi connectivity index (χ2v) is 19.8. The zero-order chi connectivity index (χ0) is 48.4. The molecule has 0 amide bonds. The number of aliphatic hydroxyl groups is 1. The van der Waals surface area contributed by atoms with Crippen molar-refractivity contribution in [3.05, 3.63) is 24.3 Å². The minimum Gasteiger partial charge on any atom is -0.462 e. The molecule has 0 aliphatic rings. The predicted molar refractivity (Wildman–Crippen MR) is 270 cm³/mol. The summed E-state index contributed by atoms with van der Waals surface area (Å²) >= 11 is 0. The molecule has 0 spiro atoms. The molecular weight excluding hydrogens is 856 g/mol. The normalized spacial score (nSPS) is 13.6. The van der Waals surface area contributed by atoms with E-state index < -0.39 is 57.8 Å². The first-order valence-corrected chi connectivity index (χ1v) is 28.7. The third-order valence-electron chi connectivity index (χ3n) is 11.8. The summed E-state index contributed by atoms with van der Waals surface area (Å²) in [6, 6.07) is 0. The van der Waals surface area contributed by atoms with Crippen LogP contribution in [0.15, 0.2) is 24.3 Å². The van der Waals surface area contributed by atoms with Crippen LogP contribution in [0.3, 0.4) is 0 Å². The van der Waals surface area contributed by atoms with Crippen molar-refractivity contribution in [3.8, 4) is 0 Å². The molecule has 0 radical (unpaired) electrons. The van der Waals surface area contributed by atoms with Crippen molar-refractivity contribution in [2.24, 2.45) is 0 Å². The minimum atomic E-state index is -4.74. The number of aliphatic hydroxyl groups excluding tert-OH is 1. The number of phosphoric ester groups is 1. The molecule has 0 heterocycles. The van der Waals surface area contributed by atoms with Gasteiger partial charge in [-0.1, -0.05) is 199 Å². The van der Waals surface area contributed by atoms with Crippen LogP contribution >= 0.6 is 7.82 Å². The predicted octanol–water partition coefficient (Wildman–Crippen LogP) is 15.5. The summed E-state index contributed by atoms with van der Waals surface area (Å²) in [7, 11) is -4.74. The minimum absolute atomic E-state index is 0.167. The Morgan fingerprint density at radius 1 is 0.409 bits per heavy atom. The highest BCUT2D eigenvalue weighted by atomic mass is 31.2. The first-order valence-electron chi connectivity index (χ1n) is 27.2. The Bertz CT molecular complexity index is 1210. The highest BCUT2D eigenvalue weighted by Crippen LogP contribution is 2.43. The van der Waals surface area contributed by atoms with Crippen molar-refractivity contribution in [2.45, 2.75) is 277 Å². The van der Waals surface area contributed by atoms with E-state index in [1.165, 1.54) is 122 Å². The average Bonchev–Trinajstić information content (AvgIpc) is 3.30. The van der Waals surface area contributed by atoms with Crippen LogP contribution in [0.1, 0.15) is 265 Å². The van der Waals surface area contributed by atoms with E-state index >= 15 is 0 Å². The maximum atomic E-state index is 12.8. The molecule has 0 bridgehead atoms. The zero-order valence-corrected chi connectivity index (χ0v) is 43.6. The zero-order valence-electron chi connectivity index (χ0n) is 42.7. The van der Waals surface area contributed by atoms with Crippen LogP contribution in [0.2, 0.25) is 0 Å². The van der Waals surface area contributed by atoms with Crippen LogP contribution < -0.4 is 0 Å². The van der Waals surface area contributed by atoms with Crippen LogP contribution in [-0.4, -0.2) is 66.5 Å². The molecule has 0 aromatic heterocycles. The van der Waals surface area contributed by atoms with Gasteiger partial charge in [-0.3, -0.25) is 23.4 Å². The molecule has 0 saturated carbocycles. The lowest BCUT2D eigenvalue weighted by Gasteiger charge is -2.21. The molecule has 0 aliphatic heterocycles. The Balaban J connectivity index is 4.66. The summed E-state index contributed by atoms with van der Waals surface area (Å²) in [5.41, 5.74) is 0. The second kappa shape index (κ2) is 49.4. The monoisotopic (exact) mass is 957 g/mol. The number of hydrogen-bond acceptors (Lipinski definition) is 10. The smallest absolute Gasteiger partial charge is 0.462 e. The van der Waals surface area contributed by atoms with Gasteiger partial charge in [0.1, 0.15) is 12.7 Å². The van der Waals surface area contributed by atoms with Crippen LogP contribution in [0.25, 0.3) is 0 Å². The number of ether oxygens (including phenoxy) is 3. The first kappa shape index (κ1) is 64.0. The quantitative estimate of drug-likeness (QED) is 0.0197. The number of carbonyl (C=O) groups excluding carboxylic acids is 3. The van der Waals surface area contributed by atoms with E-state index in [-0.39, 0.29) is 25.9 Å². The van der Waals surface area contributed by atoms with Gasteiger partial charge < -0.3 is 24.2 Å². The lowest BCUT2D eigenvalue weighted by Crippen LogP contribution is -2.30. The van der Waals surface area contributed by atoms with Gasteiger partial charge in [0.2, 0.25) is 0 Å². The van der Waals surface area contributed by atoms with E-state index in [9.17, 15) is 28.9 Å². The van der Waals surface area contributed by atoms with Crippen molar-refractivity contribution < 1.29 is 52.2 Å². The number of carbonyl (C=O) groups is 3. The highest BCUT2D eigenvalue weighted by Gasteiger charge is 2.28. The first-order chi connectivity index (χ1) is 32.2.